The second-order valence-electron chi connectivity index (χ2n) is 3.33. The van der Waals surface area contributed by atoms with E-state index in [1.165, 1.54) is 10.7 Å². The minimum atomic E-state index is -0.168. The molecule has 17 heavy (non-hydrogen) atoms. The van der Waals surface area contributed by atoms with Crippen LogP contribution in [0.3, 0.4) is 0 Å². The second kappa shape index (κ2) is 5.00. The molecule has 0 spiro atoms. The smallest absolute Gasteiger partial charge is 0.267 e. The summed E-state index contributed by atoms with van der Waals surface area (Å²) in [6.07, 6.45) is 1.66. The third-order valence-corrected chi connectivity index (χ3v) is 2.22. The maximum atomic E-state index is 11.6. The number of rotatable bonds is 4. The van der Waals surface area contributed by atoms with E-state index in [-0.39, 0.29) is 12.1 Å². The highest BCUT2D eigenvalue weighted by atomic mass is 16.1. The molecule has 0 aliphatic carbocycles. The van der Waals surface area contributed by atoms with Crippen molar-refractivity contribution in [2.24, 2.45) is 5.11 Å². The highest BCUT2D eigenvalue weighted by molar-refractivity contribution is 5.52. The monoisotopic (exact) mass is 230 g/mol. The van der Waals surface area contributed by atoms with Crippen molar-refractivity contribution in [2.45, 2.75) is 6.54 Å². The van der Waals surface area contributed by atoms with Crippen LogP contribution in [0.25, 0.3) is 21.8 Å². The van der Waals surface area contributed by atoms with Crippen LogP contribution in [0, 0.1) is 0 Å². The highest BCUT2D eigenvalue weighted by Crippen LogP contribution is 2.10. The molecule has 2 aromatic heterocycles. The van der Waals surface area contributed by atoms with E-state index in [1.807, 2.05) is 12.1 Å². The van der Waals surface area contributed by atoms with Gasteiger partial charge in [-0.05, 0) is 17.7 Å². The molecule has 0 fully saturated rings. The van der Waals surface area contributed by atoms with Gasteiger partial charge in [-0.2, -0.15) is 0 Å². The fourth-order valence-electron chi connectivity index (χ4n) is 1.44. The van der Waals surface area contributed by atoms with Crippen molar-refractivity contribution in [2.75, 3.05) is 6.54 Å². The SMILES string of the molecule is [N-]=[N+]=NCCn1[nH]c(-c2ccccn2)cc1=O. The lowest BCUT2D eigenvalue weighted by Crippen LogP contribution is -2.17. The van der Waals surface area contributed by atoms with Gasteiger partial charge in [0.15, 0.2) is 0 Å². The van der Waals surface area contributed by atoms with Crippen molar-refractivity contribution in [1.82, 2.24) is 14.8 Å². The molecule has 0 aliphatic heterocycles. The van der Waals surface area contributed by atoms with Crippen LogP contribution < -0.4 is 5.56 Å². The summed E-state index contributed by atoms with van der Waals surface area (Å²) in [6, 6.07) is 6.93. The first-order chi connectivity index (χ1) is 8.31. The molecule has 0 radical (unpaired) electrons. The van der Waals surface area contributed by atoms with Crippen LogP contribution in [0.15, 0.2) is 40.4 Å². The first-order valence-corrected chi connectivity index (χ1v) is 5.03. The minimum Gasteiger partial charge on any atom is -0.293 e. The van der Waals surface area contributed by atoms with Crippen molar-refractivity contribution >= 4 is 0 Å². The van der Waals surface area contributed by atoms with Crippen molar-refractivity contribution in [1.29, 1.82) is 0 Å². The molecule has 0 saturated heterocycles. The number of H-pyrrole nitrogens is 1. The predicted molar refractivity (Wildman–Crippen MR) is 62.3 cm³/mol. The van der Waals surface area contributed by atoms with E-state index in [0.29, 0.717) is 17.9 Å². The molecular formula is C10H10N6O. The Morgan fingerprint density at radius 2 is 2.41 bits per heavy atom. The molecule has 0 aliphatic rings. The van der Waals surface area contributed by atoms with Crippen molar-refractivity contribution in [3.05, 3.63) is 51.3 Å². The van der Waals surface area contributed by atoms with Gasteiger partial charge in [-0.1, -0.05) is 11.2 Å². The molecule has 0 atom stereocenters. The molecule has 0 amide bonds. The fourth-order valence-corrected chi connectivity index (χ4v) is 1.44. The third kappa shape index (κ3) is 2.53. The van der Waals surface area contributed by atoms with Crippen LogP contribution in [-0.4, -0.2) is 21.3 Å². The lowest BCUT2D eigenvalue weighted by atomic mass is 10.3. The van der Waals surface area contributed by atoms with Crippen LogP contribution >= 0.6 is 0 Å². The Morgan fingerprint density at radius 3 is 3.12 bits per heavy atom. The zero-order valence-corrected chi connectivity index (χ0v) is 8.95. The zero-order chi connectivity index (χ0) is 12.1. The lowest BCUT2D eigenvalue weighted by Gasteiger charge is -1.98. The number of hydrogen-bond donors (Lipinski definition) is 1. The van der Waals surface area contributed by atoms with E-state index in [4.69, 9.17) is 5.53 Å². The number of aromatic amines is 1. The third-order valence-electron chi connectivity index (χ3n) is 2.22. The highest BCUT2D eigenvalue weighted by Gasteiger charge is 2.04. The molecule has 2 heterocycles. The Labute approximate surface area is 96.3 Å². The number of hydrogen-bond acceptors (Lipinski definition) is 3. The second-order valence-corrected chi connectivity index (χ2v) is 3.33. The Kier molecular flexibility index (Phi) is 3.23. The molecule has 7 nitrogen and oxygen atoms in total. The van der Waals surface area contributed by atoms with Gasteiger partial charge in [0.2, 0.25) is 0 Å². The summed E-state index contributed by atoms with van der Waals surface area (Å²) in [7, 11) is 0. The molecule has 2 aromatic rings. The van der Waals surface area contributed by atoms with Crippen molar-refractivity contribution < 1.29 is 0 Å². The van der Waals surface area contributed by atoms with Gasteiger partial charge >= 0.3 is 0 Å². The zero-order valence-electron chi connectivity index (χ0n) is 8.95. The molecule has 86 valence electrons. The molecule has 0 unspecified atom stereocenters. The summed E-state index contributed by atoms with van der Waals surface area (Å²) in [6.45, 7) is 0.564. The van der Waals surface area contributed by atoms with Crippen LogP contribution in [0.5, 0.6) is 0 Å². The maximum Gasteiger partial charge on any atom is 0.267 e. The van der Waals surface area contributed by atoms with Crippen LogP contribution in [-0.2, 0) is 6.54 Å². The first-order valence-electron chi connectivity index (χ1n) is 5.03. The standard InChI is InChI=1S/C10H10N6O/c11-15-13-5-6-16-10(17)7-9(14-16)8-3-1-2-4-12-8/h1-4,7,14H,5-6H2. The summed E-state index contributed by atoms with van der Waals surface area (Å²) in [5, 5.41) is 6.29. The minimum absolute atomic E-state index is 0.168. The van der Waals surface area contributed by atoms with E-state index >= 15 is 0 Å². The summed E-state index contributed by atoms with van der Waals surface area (Å²) < 4.78 is 1.39. The molecule has 0 bridgehead atoms. The van der Waals surface area contributed by atoms with Gasteiger partial charge < -0.3 is 0 Å². The number of nitrogens with zero attached hydrogens (tertiary/aromatic N) is 5. The summed E-state index contributed by atoms with van der Waals surface area (Å²) in [5.41, 5.74) is 9.33. The fraction of sp³-hybridized carbons (Fsp3) is 0.200. The Balaban J connectivity index is 2.25. The van der Waals surface area contributed by atoms with Crippen molar-refractivity contribution in [3.8, 4) is 11.4 Å². The van der Waals surface area contributed by atoms with Gasteiger partial charge in [0.05, 0.1) is 11.4 Å². The molecule has 0 aromatic carbocycles. The Hall–Kier alpha value is -2.53. The number of aromatic nitrogens is 3. The van der Waals surface area contributed by atoms with Gasteiger partial charge in [0.1, 0.15) is 0 Å². The van der Waals surface area contributed by atoms with Gasteiger partial charge in [-0.15, -0.1) is 0 Å². The lowest BCUT2D eigenvalue weighted by molar-refractivity contribution is 0.606. The predicted octanol–water partition coefficient (Wildman–Crippen LogP) is 1.55. The van der Waals surface area contributed by atoms with E-state index in [0.717, 1.165) is 0 Å². The average molecular weight is 230 g/mol. The summed E-state index contributed by atoms with van der Waals surface area (Å²) in [5.74, 6) is 0. The Bertz CT molecular complexity index is 593. The normalized spacial score (nSPS) is 9.88. The number of pyridine rings is 1. The van der Waals surface area contributed by atoms with E-state index in [1.54, 1.807) is 12.3 Å². The molecule has 0 saturated carbocycles. The Morgan fingerprint density at radius 1 is 1.53 bits per heavy atom. The van der Waals surface area contributed by atoms with E-state index in [9.17, 15) is 4.79 Å². The van der Waals surface area contributed by atoms with Gasteiger partial charge in [-0.3, -0.25) is 19.6 Å². The van der Waals surface area contributed by atoms with Crippen LogP contribution in [0.1, 0.15) is 0 Å². The molecule has 1 N–H and O–H groups in total. The quantitative estimate of drug-likeness (QED) is 0.489. The average Bonchev–Trinajstić information content (AvgIpc) is 2.73. The molecular weight excluding hydrogens is 220 g/mol. The molecule has 2 rings (SSSR count). The van der Waals surface area contributed by atoms with Gasteiger partial charge in [-0.25, -0.2) is 0 Å². The number of azide groups is 1. The first kappa shape index (κ1) is 11.0. The largest absolute Gasteiger partial charge is 0.293 e. The van der Waals surface area contributed by atoms with E-state index < -0.39 is 0 Å². The topological polar surface area (TPSA) is 99.4 Å². The number of nitrogens with one attached hydrogen (secondary N) is 1. The summed E-state index contributed by atoms with van der Waals surface area (Å²) >= 11 is 0. The van der Waals surface area contributed by atoms with Crippen LogP contribution in [0.4, 0.5) is 0 Å². The van der Waals surface area contributed by atoms with Gasteiger partial charge in [0, 0.05) is 30.3 Å². The maximum absolute atomic E-state index is 11.6. The molecule has 7 heteroatoms. The summed E-state index contributed by atoms with van der Waals surface area (Å²) in [4.78, 5) is 18.3. The van der Waals surface area contributed by atoms with Crippen LogP contribution in [0.2, 0.25) is 0 Å². The van der Waals surface area contributed by atoms with E-state index in [2.05, 4.69) is 20.1 Å². The van der Waals surface area contributed by atoms with Gasteiger partial charge in [0.25, 0.3) is 5.56 Å². The van der Waals surface area contributed by atoms with Crippen molar-refractivity contribution in [3.63, 3.8) is 0 Å².